The summed E-state index contributed by atoms with van der Waals surface area (Å²) >= 11 is 6.13. The zero-order chi connectivity index (χ0) is 24.9. The highest BCUT2D eigenvalue weighted by Gasteiger charge is 2.24. The van der Waals surface area contributed by atoms with Crippen molar-refractivity contribution in [2.24, 2.45) is 0 Å². The summed E-state index contributed by atoms with van der Waals surface area (Å²) < 4.78 is 27.4. The van der Waals surface area contributed by atoms with Crippen LogP contribution in [-0.2, 0) is 0 Å². The summed E-state index contributed by atoms with van der Waals surface area (Å²) in [4.78, 5) is 4.62. The number of aromatic hydroxyl groups is 1. The number of fused-ring (bicyclic) bond motifs is 3. The maximum Gasteiger partial charge on any atom is 0.182 e. The molecule has 0 spiro atoms. The SMILES string of the molecule is CCNCCNCCCOc1cc(F)c2c(-c3ccc(O)c(Cl)c3)nc3n[nH]c(C)c3c2c1OC. The maximum absolute atomic E-state index is 15.7. The van der Waals surface area contributed by atoms with Gasteiger partial charge in [-0.15, -0.1) is 0 Å². The van der Waals surface area contributed by atoms with Crippen LogP contribution in [0.3, 0.4) is 0 Å². The van der Waals surface area contributed by atoms with Crippen molar-refractivity contribution in [1.82, 2.24) is 25.8 Å². The van der Waals surface area contributed by atoms with Crippen LogP contribution in [0.2, 0.25) is 5.02 Å². The average molecular weight is 502 g/mol. The number of H-pyrrole nitrogens is 1. The molecule has 0 saturated heterocycles. The molecule has 0 bridgehead atoms. The van der Waals surface area contributed by atoms with E-state index in [0.717, 1.165) is 38.3 Å². The predicted octanol–water partition coefficient (Wildman–Crippen LogP) is 4.56. The number of likely N-dealkylation sites (N-methyl/N-ethyl adjacent to an activating group) is 1. The third-order valence-electron chi connectivity index (χ3n) is 5.74. The van der Waals surface area contributed by atoms with Gasteiger partial charge in [-0.1, -0.05) is 18.5 Å². The van der Waals surface area contributed by atoms with Gasteiger partial charge in [0.05, 0.1) is 29.8 Å². The Labute approximate surface area is 207 Å². The minimum Gasteiger partial charge on any atom is -0.506 e. The number of methoxy groups -OCH3 is 1. The number of phenolic OH excluding ortho intramolecular Hbond substituents is 1. The zero-order valence-corrected chi connectivity index (χ0v) is 20.7. The molecule has 0 aliphatic carbocycles. The smallest absolute Gasteiger partial charge is 0.182 e. The van der Waals surface area contributed by atoms with Crippen molar-refractivity contribution in [2.75, 3.05) is 39.9 Å². The van der Waals surface area contributed by atoms with Crippen LogP contribution in [-0.4, -0.2) is 60.2 Å². The first kappa shape index (κ1) is 25.0. The van der Waals surface area contributed by atoms with E-state index in [4.69, 9.17) is 21.1 Å². The lowest BCUT2D eigenvalue weighted by Crippen LogP contribution is -2.28. The van der Waals surface area contributed by atoms with E-state index in [1.54, 1.807) is 12.1 Å². The number of halogens is 2. The Hall–Kier alpha value is -3.14. The number of hydrogen-bond acceptors (Lipinski definition) is 7. The molecule has 2 aromatic heterocycles. The summed E-state index contributed by atoms with van der Waals surface area (Å²) in [5.41, 5.74) is 2.02. The normalized spacial score (nSPS) is 11.5. The number of rotatable bonds is 11. The third-order valence-corrected chi connectivity index (χ3v) is 6.04. The van der Waals surface area contributed by atoms with Gasteiger partial charge < -0.3 is 25.2 Å². The van der Waals surface area contributed by atoms with Gasteiger partial charge in [-0.2, -0.15) is 5.10 Å². The molecule has 0 aliphatic heterocycles. The lowest BCUT2D eigenvalue weighted by atomic mass is 9.99. The predicted molar refractivity (Wildman–Crippen MR) is 136 cm³/mol. The first-order chi connectivity index (χ1) is 17.0. The number of aromatic nitrogens is 3. The number of hydrogen-bond donors (Lipinski definition) is 4. The molecular weight excluding hydrogens is 473 g/mol. The summed E-state index contributed by atoms with van der Waals surface area (Å²) in [6.45, 7) is 7.82. The number of aryl methyl sites for hydroxylation is 1. The van der Waals surface area contributed by atoms with Gasteiger partial charge in [0, 0.05) is 41.2 Å². The van der Waals surface area contributed by atoms with Crippen LogP contribution in [0, 0.1) is 12.7 Å². The summed E-state index contributed by atoms with van der Waals surface area (Å²) in [5, 5.41) is 25.2. The van der Waals surface area contributed by atoms with Crippen molar-refractivity contribution in [2.45, 2.75) is 20.3 Å². The van der Waals surface area contributed by atoms with Crippen molar-refractivity contribution >= 4 is 33.4 Å². The van der Waals surface area contributed by atoms with E-state index in [-0.39, 0.29) is 16.2 Å². The molecule has 0 unspecified atom stereocenters. The van der Waals surface area contributed by atoms with Gasteiger partial charge in [-0.05, 0) is 44.6 Å². The third kappa shape index (κ3) is 5.12. The number of aromatic amines is 1. The van der Waals surface area contributed by atoms with Crippen LogP contribution in [0.4, 0.5) is 4.39 Å². The average Bonchev–Trinajstić information content (AvgIpc) is 3.22. The highest BCUT2D eigenvalue weighted by molar-refractivity contribution is 6.32. The first-order valence-electron chi connectivity index (χ1n) is 11.5. The second-order valence-corrected chi connectivity index (χ2v) is 8.53. The summed E-state index contributed by atoms with van der Waals surface area (Å²) in [7, 11) is 1.53. The van der Waals surface area contributed by atoms with Crippen LogP contribution in [0.1, 0.15) is 19.0 Å². The molecule has 0 aliphatic rings. The Morgan fingerprint density at radius 2 is 1.91 bits per heavy atom. The standard InChI is InChI=1S/C25H29ClFN5O3/c1-4-28-9-10-29-8-5-11-35-19-13-17(27)21-22(24(19)34-3)20-14(2)31-32-25(20)30-23(21)15-6-7-18(33)16(26)12-15/h6-7,12-13,28-29,33H,4-5,8-11H2,1-3H3,(H,30,31,32). The first-order valence-corrected chi connectivity index (χ1v) is 11.9. The van der Waals surface area contributed by atoms with Crippen LogP contribution in [0.15, 0.2) is 24.3 Å². The van der Waals surface area contributed by atoms with Crippen molar-refractivity contribution in [1.29, 1.82) is 0 Å². The molecule has 10 heteroatoms. The Morgan fingerprint density at radius 3 is 2.66 bits per heavy atom. The molecule has 8 nitrogen and oxygen atoms in total. The summed E-state index contributed by atoms with van der Waals surface area (Å²) in [6, 6.07) is 5.95. The molecule has 0 fully saturated rings. The quantitative estimate of drug-likeness (QED) is 0.223. The molecule has 0 atom stereocenters. The molecule has 2 aromatic carbocycles. The van der Waals surface area contributed by atoms with Gasteiger partial charge in [0.1, 0.15) is 11.6 Å². The number of ether oxygens (including phenoxy) is 2. The second-order valence-electron chi connectivity index (χ2n) is 8.12. The van der Waals surface area contributed by atoms with Gasteiger partial charge in [-0.25, -0.2) is 9.37 Å². The molecule has 186 valence electrons. The number of nitrogens with one attached hydrogen (secondary N) is 3. The minimum atomic E-state index is -0.506. The van der Waals surface area contributed by atoms with E-state index in [0.29, 0.717) is 45.8 Å². The highest BCUT2D eigenvalue weighted by Crippen LogP contribution is 2.45. The fraction of sp³-hybridized carbons (Fsp3) is 0.360. The number of benzene rings is 2. The van der Waals surface area contributed by atoms with Crippen LogP contribution >= 0.6 is 11.6 Å². The molecule has 35 heavy (non-hydrogen) atoms. The largest absolute Gasteiger partial charge is 0.506 e. The van der Waals surface area contributed by atoms with Crippen LogP contribution in [0.25, 0.3) is 33.1 Å². The van der Waals surface area contributed by atoms with Gasteiger partial charge >= 0.3 is 0 Å². The van der Waals surface area contributed by atoms with E-state index >= 15 is 4.39 Å². The number of nitrogens with zero attached hydrogens (tertiary/aromatic N) is 2. The molecule has 2 heterocycles. The fourth-order valence-corrected chi connectivity index (χ4v) is 4.25. The topological polar surface area (TPSA) is 104 Å². The van der Waals surface area contributed by atoms with Gasteiger partial charge in [-0.3, -0.25) is 5.10 Å². The Bertz CT molecular complexity index is 1340. The Balaban J connectivity index is 1.74. The molecule has 0 amide bonds. The van der Waals surface area contributed by atoms with Crippen molar-refractivity contribution in [3.63, 3.8) is 0 Å². The van der Waals surface area contributed by atoms with Gasteiger partial charge in [0.25, 0.3) is 0 Å². The van der Waals surface area contributed by atoms with Crippen molar-refractivity contribution in [3.8, 4) is 28.5 Å². The van der Waals surface area contributed by atoms with Crippen molar-refractivity contribution in [3.05, 3.63) is 40.8 Å². The number of pyridine rings is 1. The molecule has 4 rings (SSSR count). The number of phenols is 1. The van der Waals surface area contributed by atoms with Crippen molar-refractivity contribution < 1.29 is 19.0 Å². The Kier molecular flexibility index (Phi) is 7.90. The summed E-state index contributed by atoms with van der Waals surface area (Å²) in [6.07, 6.45) is 0.753. The fourth-order valence-electron chi connectivity index (χ4n) is 4.07. The molecule has 4 N–H and O–H groups in total. The Morgan fingerprint density at radius 1 is 1.11 bits per heavy atom. The van der Waals surface area contributed by atoms with Crippen LogP contribution in [0.5, 0.6) is 17.2 Å². The van der Waals surface area contributed by atoms with Gasteiger partial charge in [0.2, 0.25) is 0 Å². The van der Waals surface area contributed by atoms with E-state index in [1.807, 2.05) is 6.92 Å². The molecule has 0 saturated carbocycles. The molecule has 4 aromatic rings. The van der Waals surface area contributed by atoms with Crippen LogP contribution < -0.4 is 20.1 Å². The lowest BCUT2D eigenvalue weighted by molar-refractivity contribution is 0.288. The minimum absolute atomic E-state index is 0.0683. The van der Waals surface area contributed by atoms with E-state index < -0.39 is 5.82 Å². The highest BCUT2D eigenvalue weighted by atomic mass is 35.5. The van der Waals surface area contributed by atoms with Gasteiger partial charge in [0.15, 0.2) is 17.1 Å². The maximum atomic E-state index is 15.7. The van der Waals surface area contributed by atoms with E-state index in [9.17, 15) is 5.11 Å². The summed E-state index contributed by atoms with van der Waals surface area (Å²) in [5.74, 6) is 0.146. The monoisotopic (exact) mass is 501 g/mol. The second kappa shape index (κ2) is 11.1. The molecule has 0 radical (unpaired) electrons. The molecular formula is C25H29ClFN5O3. The zero-order valence-electron chi connectivity index (χ0n) is 20.0. The van der Waals surface area contributed by atoms with E-state index in [1.165, 1.54) is 19.2 Å². The van der Waals surface area contributed by atoms with E-state index in [2.05, 4.69) is 32.7 Å². The lowest BCUT2D eigenvalue weighted by Gasteiger charge is -2.17.